The Morgan fingerprint density at radius 1 is 1.27 bits per heavy atom. The van der Waals surface area contributed by atoms with E-state index in [9.17, 15) is 4.79 Å². The third-order valence-electron chi connectivity index (χ3n) is 4.70. The number of nitrogens with one attached hydrogen (secondary N) is 1. The lowest BCUT2D eigenvalue weighted by molar-refractivity contribution is -0.132. The second kappa shape index (κ2) is 9.16. The van der Waals surface area contributed by atoms with Gasteiger partial charge in [-0.05, 0) is 54.1 Å². The number of methoxy groups -OCH3 is 2. The maximum atomic E-state index is 12.9. The SMILES string of the molecule is COCCCNCC(=O)N1CCc2sccc2[C@@H]1c1ccc(OC)cc1. The standard InChI is InChI=1S/C20H26N2O3S/c1-24-12-3-10-21-14-19(23)22-11-8-18-17(9-13-26-18)20(22)15-4-6-16(25-2)7-5-15/h4-7,9,13,20-21H,3,8,10-12,14H2,1-2H3/t20-/m0/s1. The van der Waals surface area contributed by atoms with Gasteiger partial charge in [-0.1, -0.05) is 12.1 Å². The summed E-state index contributed by atoms with van der Waals surface area (Å²) in [6.45, 7) is 2.60. The van der Waals surface area contributed by atoms with Crippen LogP contribution >= 0.6 is 11.3 Å². The number of carbonyl (C=O) groups is 1. The molecule has 5 nitrogen and oxygen atoms in total. The minimum atomic E-state index is -0.0239. The fourth-order valence-electron chi connectivity index (χ4n) is 3.37. The third kappa shape index (κ3) is 4.26. The number of hydrogen-bond acceptors (Lipinski definition) is 5. The molecular weight excluding hydrogens is 348 g/mol. The molecule has 1 N–H and O–H groups in total. The molecule has 0 bridgehead atoms. The van der Waals surface area contributed by atoms with Crippen LogP contribution in [-0.2, 0) is 16.0 Å². The van der Waals surface area contributed by atoms with E-state index in [-0.39, 0.29) is 11.9 Å². The molecule has 1 aromatic heterocycles. The number of carbonyl (C=O) groups excluding carboxylic acids is 1. The maximum Gasteiger partial charge on any atom is 0.237 e. The predicted molar refractivity (Wildman–Crippen MR) is 104 cm³/mol. The van der Waals surface area contributed by atoms with Crippen LogP contribution in [0.4, 0.5) is 0 Å². The Morgan fingerprint density at radius 3 is 2.81 bits per heavy atom. The summed E-state index contributed by atoms with van der Waals surface area (Å²) < 4.78 is 10.3. The maximum absolute atomic E-state index is 12.9. The van der Waals surface area contributed by atoms with E-state index in [2.05, 4.69) is 28.9 Å². The molecule has 1 amide bonds. The van der Waals surface area contributed by atoms with Gasteiger partial charge in [-0.25, -0.2) is 0 Å². The molecule has 3 rings (SSSR count). The highest BCUT2D eigenvalue weighted by Gasteiger charge is 2.32. The second-order valence-electron chi connectivity index (χ2n) is 6.34. The van der Waals surface area contributed by atoms with Crippen molar-refractivity contribution in [1.29, 1.82) is 0 Å². The Kier molecular flexibility index (Phi) is 6.66. The van der Waals surface area contributed by atoms with Gasteiger partial charge in [-0.15, -0.1) is 11.3 Å². The lowest BCUT2D eigenvalue weighted by Crippen LogP contribution is -2.44. The number of nitrogens with zero attached hydrogens (tertiary/aromatic N) is 1. The van der Waals surface area contributed by atoms with Gasteiger partial charge in [-0.2, -0.15) is 0 Å². The molecule has 0 saturated carbocycles. The van der Waals surface area contributed by atoms with Gasteiger partial charge in [0.1, 0.15) is 5.75 Å². The van der Waals surface area contributed by atoms with E-state index in [4.69, 9.17) is 9.47 Å². The van der Waals surface area contributed by atoms with E-state index in [1.54, 1.807) is 25.6 Å². The van der Waals surface area contributed by atoms with Gasteiger partial charge in [0, 0.05) is 25.1 Å². The smallest absolute Gasteiger partial charge is 0.237 e. The highest BCUT2D eigenvalue weighted by molar-refractivity contribution is 7.10. The molecule has 1 atom stereocenters. The van der Waals surface area contributed by atoms with Crippen molar-refractivity contribution in [2.24, 2.45) is 0 Å². The molecule has 2 aromatic rings. The highest BCUT2D eigenvalue weighted by Crippen LogP contribution is 2.38. The molecule has 0 aliphatic carbocycles. The van der Waals surface area contributed by atoms with Crippen molar-refractivity contribution in [2.75, 3.05) is 40.5 Å². The lowest BCUT2D eigenvalue weighted by Gasteiger charge is -2.36. The summed E-state index contributed by atoms with van der Waals surface area (Å²) >= 11 is 1.78. The van der Waals surface area contributed by atoms with Crippen LogP contribution in [0.3, 0.4) is 0 Å². The van der Waals surface area contributed by atoms with E-state index in [1.807, 2.05) is 17.0 Å². The summed E-state index contributed by atoms with van der Waals surface area (Å²) in [6.07, 6.45) is 1.83. The number of ether oxygens (including phenoxy) is 2. The van der Waals surface area contributed by atoms with Gasteiger partial charge in [0.2, 0.25) is 5.91 Å². The average molecular weight is 375 g/mol. The first-order valence-electron chi connectivity index (χ1n) is 8.94. The van der Waals surface area contributed by atoms with Crippen LogP contribution in [0, 0.1) is 0 Å². The summed E-state index contributed by atoms with van der Waals surface area (Å²) in [5.41, 5.74) is 2.37. The summed E-state index contributed by atoms with van der Waals surface area (Å²) in [6, 6.07) is 10.2. The number of thiophene rings is 1. The normalized spacial score (nSPS) is 16.4. The first-order valence-corrected chi connectivity index (χ1v) is 9.82. The van der Waals surface area contributed by atoms with Crippen LogP contribution in [0.25, 0.3) is 0 Å². The molecule has 0 unspecified atom stereocenters. The van der Waals surface area contributed by atoms with Gasteiger partial charge >= 0.3 is 0 Å². The topological polar surface area (TPSA) is 50.8 Å². The van der Waals surface area contributed by atoms with Crippen molar-refractivity contribution in [2.45, 2.75) is 18.9 Å². The summed E-state index contributed by atoms with van der Waals surface area (Å²) in [5, 5.41) is 5.36. The third-order valence-corrected chi connectivity index (χ3v) is 5.69. The first-order chi connectivity index (χ1) is 12.7. The van der Waals surface area contributed by atoms with Gasteiger partial charge in [0.25, 0.3) is 0 Å². The number of fused-ring (bicyclic) bond motifs is 1. The van der Waals surface area contributed by atoms with E-state index >= 15 is 0 Å². The minimum Gasteiger partial charge on any atom is -0.497 e. The fraction of sp³-hybridized carbons (Fsp3) is 0.450. The van der Waals surface area contributed by atoms with Crippen molar-refractivity contribution < 1.29 is 14.3 Å². The zero-order valence-corrected chi connectivity index (χ0v) is 16.2. The van der Waals surface area contributed by atoms with Crippen molar-refractivity contribution in [3.8, 4) is 5.75 Å². The number of benzene rings is 1. The van der Waals surface area contributed by atoms with Crippen molar-refractivity contribution >= 4 is 17.2 Å². The van der Waals surface area contributed by atoms with Crippen LogP contribution in [0.1, 0.15) is 28.5 Å². The molecule has 1 aromatic carbocycles. The van der Waals surface area contributed by atoms with Gasteiger partial charge < -0.3 is 19.7 Å². The molecule has 2 heterocycles. The summed E-state index contributed by atoms with van der Waals surface area (Å²) in [7, 11) is 3.36. The van der Waals surface area contributed by atoms with E-state index in [0.717, 1.165) is 37.2 Å². The van der Waals surface area contributed by atoms with Crippen molar-refractivity contribution in [3.63, 3.8) is 0 Å². The van der Waals surface area contributed by atoms with Gasteiger partial charge in [0.15, 0.2) is 0 Å². The summed E-state index contributed by atoms with van der Waals surface area (Å²) in [5.74, 6) is 0.966. The van der Waals surface area contributed by atoms with Crippen LogP contribution in [0.15, 0.2) is 35.7 Å². The van der Waals surface area contributed by atoms with E-state index in [1.165, 1.54) is 10.4 Å². The second-order valence-corrected chi connectivity index (χ2v) is 7.34. The molecular formula is C20H26N2O3S. The molecule has 1 aliphatic rings. The van der Waals surface area contributed by atoms with E-state index in [0.29, 0.717) is 13.2 Å². The zero-order chi connectivity index (χ0) is 18.4. The minimum absolute atomic E-state index is 0.0239. The predicted octanol–water partition coefficient (Wildman–Crippen LogP) is 2.86. The Balaban J connectivity index is 1.76. The molecule has 6 heteroatoms. The number of rotatable bonds is 8. The molecule has 26 heavy (non-hydrogen) atoms. The largest absolute Gasteiger partial charge is 0.497 e. The number of amides is 1. The molecule has 0 spiro atoms. The Hall–Kier alpha value is -1.89. The molecule has 0 radical (unpaired) electrons. The van der Waals surface area contributed by atoms with Crippen molar-refractivity contribution in [3.05, 3.63) is 51.7 Å². The first kappa shape index (κ1) is 18.9. The van der Waals surface area contributed by atoms with E-state index < -0.39 is 0 Å². The monoisotopic (exact) mass is 374 g/mol. The van der Waals surface area contributed by atoms with Crippen LogP contribution in [0.2, 0.25) is 0 Å². The van der Waals surface area contributed by atoms with Crippen molar-refractivity contribution in [1.82, 2.24) is 10.2 Å². The fourth-order valence-corrected chi connectivity index (χ4v) is 4.27. The molecule has 1 aliphatic heterocycles. The van der Waals surface area contributed by atoms with Crippen LogP contribution in [-0.4, -0.2) is 51.3 Å². The zero-order valence-electron chi connectivity index (χ0n) is 15.4. The quantitative estimate of drug-likeness (QED) is 0.722. The summed E-state index contributed by atoms with van der Waals surface area (Å²) in [4.78, 5) is 16.3. The Labute approximate surface area is 158 Å². The molecule has 0 saturated heterocycles. The van der Waals surface area contributed by atoms with Crippen LogP contribution < -0.4 is 10.1 Å². The average Bonchev–Trinajstić information content (AvgIpc) is 3.16. The Morgan fingerprint density at radius 2 is 2.08 bits per heavy atom. The van der Waals surface area contributed by atoms with Gasteiger partial charge in [0.05, 0.1) is 19.7 Å². The Bertz CT molecular complexity index is 714. The number of hydrogen-bond donors (Lipinski definition) is 1. The molecule has 140 valence electrons. The highest BCUT2D eigenvalue weighted by atomic mass is 32.1. The van der Waals surface area contributed by atoms with Gasteiger partial charge in [-0.3, -0.25) is 4.79 Å². The molecule has 0 fully saturated rings. The van der Waals surface area contributed by atoms with Crippen LogP contribution in [0.5, 0.6) is 5.75 Å². The lowest BCUT2D eigenvalue weighted by atomic mass is 9.93.